The van der Waals surface area contributed by atoms with E-state index >= 15 is 0 Å². The fourth-order valence-corrected chi connectivity index (χ4v) is 3.35. The SMILES string of the molecule is NCCS(=O)(=O)CC(=O)N1CCCc2ccccc21. The number of hydrogen-bond donors (Lipinski definition) is 1. The van der Waals surface area contributed by atoms with Crippen LogP contribution in [0.2, 0.25) is 0 Å². The predicted octanol–water partition coefficient (Wildman–Crippen LogP) is 0.339. The maximum absolute atomic E-state index is 12.2. The van der Waals surface area contributed by atoms with E-state index in [4.69, 9.17) is 5.73 Å². The number of rotatable bonds is 4. The van der Waals surface area contributed by atoms with Crippen molar-refractivity contribution in [2.24, 2.45) is 5.73 Å². The topological polar surface area (TPSA) is 80.5 Å². The number of nitrogens with zero attached hydrogens (tertiary/aromatic N) is 1. The summed E-state index contributed by atoms with van der Waals surface area (Å²) in [4.78, 5) is 13.7. The molecule has 1 amide bonds. The van der Waals surface area contributed by atoms with Crippen molar-refractivity contribution in [1.82, 2.24) is 0 Å². The van der Waals surface area contributed by atoms with Crippen molar-refractivity contribution in [3.05, 3.63) is 29.8 Å². The van der Waals surface area contributed by atoms with Gasteiger partial charge in [0, 0.05) is 18.8 Å². The molecule has 1 aliphatic heterocycles. The van der Waals surface area contributed by atoms with Crippen LogP contribution in [0.5, 0.6) is 0 Å². The highest BCUT2D eigenvalue weighted by Crippen LogP contribution is 2.26. The molecule has 0 aliphatic carbocycles. The molecule has 0 bridgehead atoms. The normalized spacial score (nSPS) is 15.1. The monoisotopic (exact) mass is 282 g/mol. The second-order valence-electron chi connectivity index (χ2n) is 4.66. The Balaban J connectivity index is 2.18. The van der Waals surface area contributed by atoms with Crippen LogP contribution in [0.4, 0.5) is 5.69 Å². The van der Waals surface area contributed by atoms with Crippen molar-refractivity contribution in [3.63, 3.8) is 0 Å². The van der Waals surface area contributed by atoms with Gasteiger partial charge in [0.15, 0.2) is 9.84 Å². The van der Waals surface area contributed by atoms with E-state index in [0.717, 1.165) is 24.1 Å². The summed E-state index contributed by atoms with van der Waals surface area (Å²) in [5.41, 5.74) is 7.17. The summed E-state index contributed by atoms with van der Waals surface area (Å²) in [5, 5.41) is 0. The first kappa shape index (κ1) is 14.0. The lowest BCUT2D eigenvalue weighted by Gasteiger charge is -2.29. The predicted molar refractivity (Wildman–Crippen MR) is 74.8 cm³/mol. The molecule has 0 saturated carbocycles. The van der Waals surface area contributed by atoms with Gasteiger partial charge in [0.1, 0.15) is 5.75 Å². The van der Waals surface area contributed by atoms with Crippen molar-refractivity contribution >= 4 is 21.4 Å². The molecule has 19 heavy (non-hydrogen) atoms. The smallest absolute Gasteiger partial charge is 0.242 e. The molecule has 0 radical (unpaired) electrons. The highest BCUT2D eigenvalue weighted by atomic mass is 32.2. The maximum Gasteiger partial charge on any atom is 0.242 e. The molecule has 0 fully saturated rings. The Labute approximate surface area is 113 Å². The lowest BCUT2D eigenvalue weighted by molar-refractivity contribution is -0.116. The number of fused-ring (bicyclic) bond motifs is 1. The summed E-state index contributed by atoms with van der Waals surface area (Å²) in [6, 6.07) is 7.63. The van der Waals surface area contributed by atoms with Crippen LogP contribution in [0, 0.1) is 0 Å². The molecule has 0 spiro atoms. The van der Waals surface area contributed by atoms with E-state index in [1.54, 1.807) is 4.90 Å². The number of carbonyl (C=O) groups is 1. The van der Waals surface area contributed by atoms with Crippen LogP contribution in [-0.4, -0.2) is 38.9 Å². The van der Waals surface area contributed by atoms with Gasteiger partial charge in [0.2, 0.25) is 5.91 Å². The first-order chi connectivity index (χ1) is 9.03. The van der Waals surface area contributed by atoms with Crippen molar-refractivity contribution in [2.75, 3.05) is 29.5 Å². The number of carbonyl (C=O) groups excluding carboxylic acids is 1. The molecule has 0 aromatic heterocycles. The van der Waals surface area contributed by atoms with Gasteiger partial charge < -0.3 is 10.6 Å². The van der Waals surface area contributed by atoms with Crippen LogP contribution in [-0.2, 0) is 21.1 Å². The maximum atomic E-state index is 12.2. The Morgan fingerprint density at radius 1 is 1.32 bits per heavy atom. The lowest BCUT2D eigenvalue weighted by atomic mass is 10.0. The quantitative estimate of drug-likeness (QED) is 0.863. The summed E-state index contributed by atoms with van der Waals surface area (Å²) >= 11 is 0. The van der Waals surface area contributed by atoms with E-state index in [0.29, 0.717) is 6.54 Å². The summed E-state index contributed by atoms with van der Waals surface area (Å²) in [6.45, 7) is 0.625. The van der Waals surface area contributed by atoms with Gasteiger partial charge in [-0.1, -0.05) is 18.2 Å². The van der Waals surface area contributed by atoms with Gasteiger partial charge in [-0.3, -0.25) is 4.79 Å². The van der Waals surface area contributed by atoms with Crippen LogP contribution < -0.4 is 10.6 Å². The van der Waals surface area contributed by atoms with E-state index < -0.39 is 15.6 Å². The molecule has 2 rings (SSSR count). The average molecular weight is 282 g/mol. The summed E-state index contributed by atoms with van der Waals surface area (Å²) in [5.74, 6) is -0.965. The molecule has 5 nitrogen and oxygen atoms in total. The van der Waals surface area contributed by atoms with Crippen LogP contribution in [0.15, 0.2) is 24.3 Å². The number of benzene rings is 1. The third kappa shape index (κ3) is 3.33. The number of hydrogen-bond acceptors (Lipinski definition) is 4. The Hall–Kier alpha value is -1.40. The van der Waals surface area contributed by atoms with Gasteiger partial charge in [-0.25, -0.2) is 8.42 Å². The number of anilines is 1. The number of para-hydroxylation sites is 1. The molecule has 1 aromatic rings. The molecule has 1 aromatic carbocycles. The molecule has 1 aliphatic rings. The molecule has 0 unspecified atom stereocenters. The minimum absolute atomic E-state index is 0.0478. The van der Waals surface area contributed by atoms with Gasteiger partial charge in [-0.2, -0.15) is 0 Å². The van der Waals surface area contributed by atoms with Crippen molar-refractivity contribution in [3.8, 4) is 0 Å². The van der Waals surface area contributed by atoms with Gasteiger partial charge in [-0.15, -0.1) is 0 Å². The Bertz CT molecular complexity index is 569. The van der Waals surface area contributed by atoms with E-state index in [2.05, 4.69) is 0 Å². The zero-order valence-electron chi connectivity index (χ0n) is 10.7. The van der Waals surface area contributed by atoms with Crippen LogP contribution in [0.1, 0.15) is 12.0 Å². The molecule has 6 heteroatoms. The van der Waals surface area contributed by atoms with Gasteiger partial charge in [-0.05, 0) is 24.5 Å². The third-order valence-corrected chi connectivity index (χ3v) is 4.73. The fraction of sp³-hybridized carbons (Fsp3) is 0.462. The Morgan fingerprint density at radius 2 is 2.05 bits per heavy atom. The zero-order chi connectivity index (χ0) is 13.9. The third-order valence-electron chi connectivity index (χ3n) is 3.18. The Morgan fingerprint density at radius 3 is 2.79 bits per heavy atom. The number of nitrogens with two attached hydrogens (primary N) is 1. The minimum atomic E-state index is -3.40. The van der Waals surface area contributed by atoms with E-state index in [1.165, 1.54) is 0 Å². The molecule has 1 heterocycles. The number of sulfone groups is 1. The van der Waals surface area contributed by atoms with Crippen LogP contribution >= 0.6 is 0 Å². The Kier molecular flexibility index (Phi) is 4.21. The summed E-state index contributed by atoms with van der Waals surface area (Å²) in [7, 11) is -3.40. The highest BCUT2D eigenvalue weighted by molar-refractivity contribution is 7.92. The van der Waals surface area contributed by atoms with E-state index in [-0.39, 0.29) is 18.2 Å². The van der Waals surface area contributed by atoms with Gasteiger partial charge in [0.25, 0.3) is 0 Å². The summed E-state index contributed by atoms with van der Waals surface area (Å²) in [6.07, 6.45) is 1.79. The number of amides is 1. The second kappa shape index (κ2) is 5.71. The number of aryl methyl sites for hydroxylation is 1. The molecular formula is C13H18N2O3S. The fourth-order valence-electron chi connectivity index (χ4n) is 2.31. The molecule has 0 atom stereocenters. The van der Waals surface area contributed by atoms with Gasteiger partial charge in [0.05, 0.1) is 5.75 Å². The zero-order valence-corrected chi connectivity index (χ0v) is 11.5. The summed E-state index contributed by atoms with van der Waals surface area (Å²) < 4.78 is 23.3. The molecule has 2 N–H and O–H groups in total. The highest BCUT2D eigenvalue weighted by Gasteiger charge is 2.25. The lowest BCUT2D eigenvalue weighted by Crippen LogP contribution is -2.40. The molecule has 0 saturated heterocycles. The van der Waals surface area contributed by atoms with Crippen molar-refractivity contribution in [2.45, 2.75) is 12.8 Å². The van der Waals surface area contributed by atoms with Crippen LogP contribution in [0.3, 0.4) is 0 Å². The largest absolute Gasteiger partial charge is 0.329 e. The first-order valence-electron chi connectivity index (χ1n) is 6.32. The second-order valence-corrected chi connectivity index (χ2v) is 6.84. The molecule has 104 valence electrons. The van der Waals surface area contributed by atoms with Crippen molar-refractivity contribution < 1.29 is 13.2 Å². The van der Waals surface area contributed by atoms with Gasteiger partial charge >= 0.3 is 0 Å². The standard InChI is InChI=1S/C13H18N2O3S/c14-7-9-19(17,18)10-13(16)15-8-3-5-11-4-1-2-6-12(11)15/h1-2,4,6H,3,5,7-10,14H2. The average Bonchev–Trinajstić information content (AvgIpc) is 2.37. The minimum Gasteiger partial charge on any atom is -0.329 e. The van der Waals surface area contributed by atoms with Crippen LogP contribution in [0.25, 0.3) is 0 Å². The van der Waals surface area contributed by atoms with E-state index in [1.807, 2.05) is 24.3 Å². The first-order valence-corrected chi connectivity index (χ1v) is 8.14. The molecular weight excluding hydrogens is 264 g/mol. The van der Waals surface area contributed by atoms with E-state index in [9.17, 15) is 13.2 Å². The van der Waals surface area contributed by atoms with Crippen molar-refractivity contribution in [1.29, 1.82) is 0 Å².